The molecule has 0 unspecified atom stereocenters. The molecule has 8 rings (SSSR count). The summed E-state index contributed by atoms with van der Waals surface area (Å²) in [5.41, 5.74) is 1.53. The van der Waals surface area contributed by atoms with Crippen LogP contribution in [0.4, 0.5) is 0 Å². The van der Waals surface area contributed by atoms with Gasteiger partial charge in [-0.15, -0.1) is 0 Å². The van der Waals surface area contributed by atoms with Crippen LogP contribution < -0.4 is 0 Å². The number of aliphatic hydroxyl groups excluding tert-OH is 2. The van der Waals surface area contributed by atoms with E-state index >= 15 is 0 Å². The first-order valence-corrected chi connectivity index (χ1v) is 10.8. The van der Waals surface area contributed by atoms with Gasteiger partial charge in [0.15, 0.2) is 0 Å². The third kappa shape index (κ3) is 1.57. The number of hydrogen-bond acceptors (Lipinski definition) is 4. The fourth-order valence-corrected chi connectivity index (χ4v) is 9.30. The van der Waals surface area contributed by atoms with E-state index in [1.54, 1.807) is 0 Å². The van der Waals surface area contributed by atoms with Crippen LogP contribution in [-0.4, -0.2) is 53.2 Å². The summed E-state index contributed by atoms with van der Waals surface area (Å²) in [5, 5.41) is 21.0. The van der Waals surface area contributed by atoms with E-state index in [-0.39, 0.29) is 35.9 Å². The third-order valence-corrected chi connectivity index (χ3v) is 10.1. The molecule has 0 radical (unpaired) electrons. The van der Waals surface area contributed by atoms with Crippen LogP contribution in [0.5, 0.6) is 0 Å². The number of aliphatic hydroxyl groups is 2. The van der Waals surface area contributed by atoms with Crippen molar-refractivity contribution < 1.29 is 14.9 Å². The predicted molar refractivity (Wildman–Crippen MR) is 98.2 cm³/mol. The third-order valence-electron chi connectivity index (χ3n) is 10.1. The van der Waals surface area contributed by atoms with E-state index in [1.807, 2.05) is 0 Å². The van der Waals surface area contributed by atoms with Crippen LogP contribution in [0.15, 0.2) is 12.2 Å². The Morgan fingerprint density at radius 3 is 2.85 bits per heavy atom. The molecular formula is C22H33NO3. The molecule has 2 N–H and O–H groups in total. The van der Waals surface area contributed by atoms with Crippen LogP contribution in [0.1, 0.15) is 51.9 Å². The predicted octanol–water partition coefficient (Wildman–Crippen LogP) is 2.55. The maximum Gasteiger partial charge on any atom is 0.117 e. The summed E-state index contributed by atoms with van der Waals surface area (Å²) in [6.07, 6.45) is 8.43. The normalized spacial score (nSPS) is 60.2. The first-order valence-electron chi connectivity index (χ1n) is 10.8. The van der Waals surface area contributed by atoms with Crippen molar-refractivity contribution in [3.63, 3.8) is 0 Å². The van der Waals surface area contributed by atoms with Gasteiger partial charge in [-0.25, -0.2) is 0 Å². The van der Waals surface area contributed by atoms with Crippen molar-refractivity contribution >= 4 is 0 Å². The number of fused-ring (bicyclic) bond motifs is 2. The summed E-state index contributed by atoms with van der Waals surface area (Å²) in [4.78, 5) is 2.47. The van der Waals surface area contributed by atoms with Gasteiger partial charge in [0.05, 0.1) is 18.8 Å². The molecule has 2 spiro atoms. The summed E-state index contributed by atoms with van der Waals surface area (Å²) in [6, 6.07) is 0. The van der Waals surface area contributed by atoms with Crippen LogP contribution >= 0.6 is 0 Å². The molecule has 8 fully saturated rings. The highest BCUT2D eigenvalue weighted by atomic mass is 16.5. The lowest BCUT2D eigenvalue weighted by Crippen LogP contribution is -2.82. The van der Waals surface area contributed by atoms with Gasteiger partial charge in [-0.1, -0.05) is 19.9 Å². The number of ether oxygens (including phenoxy) is 1. The Morgan fingerprint density at radius 2 is 2.04 bits per heavy atom. The Kier molecular flexibility index (Phi) is 3.14. The van der Waals surface area contributed by atoms with Gasteiger partial charge in [0, 0.05) is 23.9 Å². The maximum absolute atomic E-state index is 11.3. The molecule has 4 nitrogen and oxygen atoms in total. The fourth-order valence-electron chi connectivity index (χ4n) is 9.30. The molecule has 3 saturated heterocycles. The van der Waals surface area contributed by atoms with Gasteiger partial charge in [-0.2, -0.15) is 0 Å². The molecule has 5 aliphatic carbocycles. The Bertz CT molecular complexity index is 666. The lowest BCUT2D eigenvalue weighted by Gasteiger charge is -2.79. The highest BCUT2D eigenvalue weighted by Gasteiger charge is 2.78. The Balaban J connectivity index is 1.53. The van der Waals surface area contributed by atoms with E-state index < -0.39 is 0 Å². The molecular weight excluding hydrogens is 326 g/mol. The zero-order valence-electron chi connectivity index (χ0n) is 16.0. The van der Waals surface area contributed by atoms with Gasteiger partial charge in [-0.3, -0.25) is 4.90 Å². The lowest BCUT2D eigenvalue weighted by molar-refractivity contribution is -0.405. The van der Waals surface area contributed by atoms with Crippen molar-refractivity contribution in [1.82, 2.24) is 4.90 Å². The summed E-state index contributed by atoms with van der Waals surface area (Å²) in [6.45, 7) is 8.80. The minimum atomic E-state index is -0.373. The second kappa shape index (κ2) is 4.94. The van der Waals surface area contributed by atoms with E-state index in [0.717, 1.165) is 37.4 Å². The molecule has 0 aromatic rings. The molecule has 26 heavy (non-hydrogen) atoms. The second-order valence-electron chi connectivity index (χ2n) is 10.7. The van der Waals surface area contributed by atoms with Gasteiger partial charge in [0.2, 0.25) is 0 Å². The minimum Gasteiger partial charge on any atom is -0.395 e. The molecule has 3 heterocycles. The van der Waals surface area contributed by atoms with Crippen molar-refractivity contribution in [2.45, 2.75) is 70.3 Å². The number of piperidine rings is 1. The van der Waals surface area contributed by atoms with Crippen LogP contribution in [0, 0.1) is 34.0 Å². The molecule has 0 amide bonds. The zero-order chi connectivity index (χ0) is 17.9. The highest BCUT2D eigenvalue weighted by Crippen LogP contribution is 2.78. The second-order valence-corrected chi connectivity index (χ2v) is 10.7. The molecule has 5 saturated carbocycles. The summed E-state index contributed by atoms with van der Waals surface area (Å²) in [7, 11) is 0. The summed E-state index contributed by atoms with van der Waals surface area (Å²) < 4.78 is 6.86. The number of β-amino-alcohol motifs (C(OH)–C–C–N with tert-alkyl or cyclic N) is 1. The van der Waals surface area contributed by atoms with Crippen molar-refractivity contribution in [1.29, 1.82) is 0 Å². The standard InChI is InChI=1S/C22H33NO3/c1-13-14-4-7-22(18(13)25)16(10-14)21-6-3-5-20(2)12-23(8-9-24)19(21)26-17(22)11-15(20)21/h14-19,24-25H,1,3-12H2,2H3/t14-,15+,16-,17+,18+,19+,20-,21-,22+/m0/s1. The van der Waals surface area contributed by atoms with E-state index in [2.05, 4.69) is 18.4 Å². The zero-order valence-corrected chi connectivity index (χ0v) is 16.0. The summed E-state index contributed by atoms with van der Waals surface area (Å²) in [5.74, 6) is 1.79. The Labute approximate surface area is 156 Å². The lowest BCUT2D eigenvalue weighted by atomic mass is 9.32. The molecule has 0 aromatic heterocycles. The van der Waals surface area contributed by atoms with Gasteiger partial charge in [0.1, 0.15) is 6.23 Å². The average molecular weight is 360 g/mol. The summed E-state index contributed by atoms with van der Waals surface area (Å²) >= 11 is 0. The van der Waals surface area contributed by atoms with Gasteiger partial charge in [-0.05, 0) is 67.3 Å². The van der Waals surface area contributed by atoms with Gasteiger partial charge < -0.3 is 14.9 Å². The molecule has 3 aliphatic heterocycles. The van der Waals surface area contributed by atoms with Gasteiger partial charge >= 0.3 is 0 Å². The van der Waals surface area contributed by atoms with Crippen LogP contribution in [-0.2, 0) is 4.74 Å². The fraction of sp³-hybridized carbons (Fsp3) is 0.909. The highest BCUT2D eigenvalue weighted by molar-refractivity contribution is 5.32. The molecule has 9 atom stereocenters. The first-order chi connectivity index (χ1) is 12.5. The van der Waals surface area contributed by atoms with Crippen LogP contribution in [0.2, 0.25) is 0 Å². The van der Waals surface area contributed by atoms with Crippen LogP contribution in [0.25, 0.3) is 0 Å². The maximum atomic E-state index is 11.3. The molecule has 4 heteroatoms. The Hall–Kier alpha value is -0.420. The largest absolute Gasteiger partial charge is 0.395 e. The Morgan fingerprint density at radius 1 is 1.19 bits per heavy atom. The SMILES string of the molecule is C=C1[C@H]2CC[C@]3([C@@H](C2)[C@@]24CCC[C@@]5(C)CN(CCO)[C@@H]2O[C@@H]3C[C@H]54)[C@@H]1O. The van der Waals surface area contributed by atoms with E-state index in [1.165, 1.54) is 32.1 Å². The molecule has 0 aromatic carbocycles. The monoisotopic (exact) mass is 359 g/mol. The van der Waals surface area contributed by atoms with Crippen LogP contribution in [0.3, 0.4) is 0 Å². The topological polar surface area (TPSA) is 52.9 Å². The van der Waals surface area contributed by atoms with Gasteiger partial charge in [0.25, 0.3) is 0 Å². The number of rotatable bonds is 2. The van der Waals surface area contributed by atoms with Crippen molar-refractivity contribution in [3.05, 3.63) is 12.2 Å². The van der Waals surface area contributed by atoms with Crippen molar-refractivity contribution in [3.8, 4) is 0 Å². The molecule has 8 aliphatic rings. The van der Waals surface area contributed by atoms with E-state index in [4.69, 9.17) is 4.74 Å². The van der Waals surface area contributed by atoms with Crippen molar-refractivity contribution in [2.75, 3.05) is 19.7 Å². The quantitative estimate of drug-likeness (QED) is 0.744. The first kappa shape index (κ1) is 16.5. The minimum absolute atomic E-state index is 0.0840. The molecule has 144 valence electrons. The number of hydrogen-bond donors (Lipinski definition) is 2. The number of nitrogens with zero attached hydrogens (tertiary/aromatic N) is 1. The van der Waals surface area contributed by atoms with Crippen molar-refractivity contribution in [2.24, 2.45) is 34.0 Å². The average Bonchev–Trinajstić information content (AvgIpc) is 2.63. The molecule has 7 bridgehead atoms. The number of likely N-dealkylation sites (tertiary alicyclic amines) is 1. The smallest absolute Gasteiger partial charge is 0.117 e. The van der Waals surface area contributed by atoms with E-state index in [0.29, 0.717) is 17.3 Å². The van der Waals surface area contributed by atoms with E-state index in [9.17, 15) is 10.2 Å².